The molecule has 1 saturated heterocycles. The van der Waals surface area contributed by atoms with E-state index >= 15 is 0 Å². The van der Waals surface area contributed by atoms with Crippen molar-refractivity contribution >= 4 is 49.5 Å². The Hall–Kier alpha value is -6.23. The number of methoxy groups -OCH3 is 2. The van der Waals surface area contributed by atoms with Gasteiger partial charge in [-0.1, -0.05) is 88.4 Å². The number of likely N-dealkylation sites (tertiary alicyclic amines) is 1. The van der Waals surface area contributed by atoms with Gasteiger partial charge in [0.2, 0.25) is 5.91 Å². The van der Waals surface area contributed by atoms with Crippen molar-refractivity contribution in [1.29, 1.82) is 0 Å². The maximum atomic E-state index is 13.5. The summed E-state index contributed by atoms with van der Waals surface area (Å²) in [5, 5.41) is 8.40. The molecule has 8 aromatic rings. The monoisotopic (exact) mass is 881 g/mol. The van der Waals surface area contributed by atoms with Crippen molar-refractivity contribution in [1.82, 2.24) is 30.2 Å². The molecular weight excluding hydrogens is 819 g/mol. The van der Waals surface area contributed by atoms with Gasteiger partial charge in [0.1, 0.15) is 11.5 Å². The van der Waals surface area contributed by atoms with E-state index in [4.69, 9.17) is 25.2 Å². The summed E-state index contributed by atoms with van der Waals surface area (Å²) in [6, 6.07) is 33.4. The summed E-state index contributed by atoms with van der Waals surface area (Å²) in [5.74, 6) is 1.87. The number of para-hydroxylation sites is 2. The number of nitrogens with one attached hydrogen (secondary N) is 3. The van der Waals surface area contributed by atoms with Gasteiger partial charge >= 0.3 is 0 Å². The molecule has 0 radical (unpaired) electrons. The molecule has 2 unspecified atom stereocenters. The second kappa shape index (κ2) is 17.2. The van der Waals surface area contributed by atoms with Gasteiger partial charge in [-0.2, -0.15) is 0 Å². The molecule has 2 aliphatic carbocycles. The number of aromatic nitrogens is 4. The van der Waals surface area contributed by atoms with Crippen molar-refractivity contribution in [2.75, 3.05) is 27.8 Å². The number of H-pyrrole nitrogens is 2. The van der Waals surface area contributed by atoms with Crippen LogP contribution in [0.15, 0.2) is 97.1 Å². The van der Waals surface area contributed by atoms with Crippen molar-refractivity contribution < 1.29 is 14.3 Å². The van der Waals surface area contributed by atoms with E-state index in [1.807, 2.05) is 24.3 Å². The first-order chi connectivity index (χ1) is 31.8. The quantitative estimate of drug-likeness (QED) is 0.119. The summed E-state index contributed by atoms with van der Waals surface area (Å²) in [7, 11) is 5.44. The maximum absolute atomic E-state index is 13.5. The Morgan fingerprint density at radius 3 is 1.70 bits per heavy atom. The molecule has 4 aromatic heterocycles. The maximum Gasteiger partial charge on any atom is 0.237 e. The third kappa shape index (κ3) is 8.30. The van der Waals surface area contributed by atoms with Crippen LogP contribution < -0.4 is 20.5 Å². The molecule has 0 saturated carbocycles. The van der Waals surface area contributed by atoms with Gasteiger partial charge in [0.15, 0.2) is 0 Å². The van der Waals surface area contributed by atoms with Crippen molar-refractivity contribution in [3.63, 3.8) is 0 Å². The lowest BCUT2D eigenvalue weighted by Crippen LogP contribution is -2.45. The summed E-state index contributed by atoms with van der Waals surface area (Å²) in [5.41, 5.74) is 20.6. The molecule has 3 atom stereocenters. The van der Waals surface area contributed by atoms with Gasteiger partial charge in [0.25, 0.3) is 0 Å². The molecule has 5 heterocycles. The molecule has 66 heavy (non-hydrogen) atoms. The van der Waals surface area contributed by atoms with E-state index in [0.717, 1.165) is 114 Å². The average molecular weight is 882 g/mol. The normalized spacial score (nSPS) is 19.9. The number of likely N-dealkylation sites (N-methyl/N-ethyl adjacent to an activating group) is 1. The van der Waals surface area contributed by atoms with Crippen molar-refractivity contribution in [2.24, 2.45) is 16.6 Å². The zero-order valence-electron chi connectivity index (χ0n) is 39.5. The number of fused-ring (bicyclic) bond motifs is 10. The molecule has 1 amide bonds. The first-order valence-electron chi connectivity index (χ1n) is 23.6. The molecule has 1 fully saturated rings. The summed E-state index contributed by atoms with van der Waals surface area (Å²) >= 11 is 0. The smallest absolute Gasteiger partial charge is 0.237 e. The first kappa shape index (κ1) is 43.7. The number of pyridine rings is 2. The minimum absolute atomic E-state index is 0.0120. The van der Waals surface area contributed by atoms with Gasteiger partial charge in [0.05, 0.1) is 48.7 Å². The lowest BCUT2D eigenvalue weighted by atomic mass is 9.72. The van der Waals surface area contributed by atoms with E-state index in [-0.39, 0.29) is 34.9 Å². The number of nitrogens with zero attached hydrogens (tertiary/aromatic N) is 3. The van der Waals surface area contributed by atoms with E-state index in [9.17, 15) is 4.79 Å². The summed E-state index contributed by atoms with van der Waals surface area (Å²) < 4.78 is 10.7. The molecule has 4 aromatic carbocycles. The number of ether oxygens (including phenoxy) is 2. The van der Waals surface area contributed by atoms with Crippen LogP contribution in [0.25, 0.3) is 43.6 Å². The number of aromatic amines is 2. The van der Waals surface area contributed by atoms with Crippen LogP contribution in [0.3, 0.4) is 0 Å². The van der Waals surface area contributed by atoms with Crippen LogP contribution in [-0.4, -0.2) is 64.6 Å². The van der Waals surface area contributed by atoms with Crippen LogP contribution in [0.2, 0.25) is 0 Å². The van der Waals surface area contributed by atoms with E-state index in [2.05, 4.69) is 128 Å². The van der Waals surface area contributed by atoms with Gasteiger partial charge in [-0.05, 0) is 110 Å². The van der Waals surface area contributed by atoms with Crippen LogP contribution in [-0.2, 0) is 30.5 Å². The summed E-state index contributed by atoms with van der Waals surface area (Å²) in [4.78, 5) is 33.5. The highest BCUT2D eigenvalue weighted by atomic mass is 16.5. The van der Waals surface area contributed by atoms with Crippen LogP contribution in [0.4, 0.5) is 0 Å². The lowest BCUT2D eigenvalue weighted by molar-refractivity contribution is -0.126. The van der Waals surface area contributed by atoms with E-state index in [1.54, 1.807) is 14.2 Å². The largest absolute Gasteiger partial charge is 0.497 e. The minimum Gasteiger partial charge on any atom is -0.497 e. The fourth-order valence-electron chi connectivity index (χ4n) is 11.3. The second-order valence-electron chi connectivity index (χ2n) is 20.6. The van der Waals surface area contributed by atoms with Gasteiger partial charge < -0.3 is 30.5 Å². The number of benzene rings is 4. The first-order valence-corrected chi connectivity index (χ1v) is 23.6. The van der Waals surface area contributed by atoms with E-state index in [1.165, 1.54) is 43.8 Å². The highest BCUT2D eigenvalue weighted by Crippen LogP contribution is 2.47. The molecule has 3 aliphatic rings. The Labute approximate surface area is 387 Å². The third-order valence-electron chi connectivity index (χ3n) is 14.4. The molecule has 10 nitrogen and oxygen atoms in total. The number of hydrogen-bond donors (Lipinski definition) is 4. The fourth-order valence-corrected chi connectivity index (χ4v) is 11.3. The average Bonchev–Trinajstić information content (AvgIpc) is 4.02. The van der Waals surface area contributed by atoms with Crippen molar-refractivity contribution in [3.05, 3.63) is 142 Å². The molecule has 10 heteroatoms. The second-order valence-corrected chi connectivity index (χ2v) is 20.6. The molecular formula is C56H63N7O3. The Balaban J connectivity index is 0.000000160. The fraction of sp³-hybridized carbons (Fsp3) is 0.375. The van der Waals surface area contributed by atoms with Crippen LogP contribution in [0.5, 0.6) is 11.5 Å². The standard InChI is InChI=1S/C31H36N4O2.C25H27N3O/c1-31(2)17-24-28(25(18-31)34-30(36)26-10-7-15-35(26)3)27-21-8-5-6-9-22(21)33-29(27)23(32-24)16-19-11-13-20(37-4)14-12-19;1-25(2)13-18(26)23-21(14-25)27-20(12-15-8-10-16(29-3)11-9-15)24-22(23)17-6-4-5-7-19(17)28-24/h5-6,8-9,11-14,25-26,33H,7,10,15-18H2,1-4H3,(H,34,36);4-11,18,28H,12-14,26H2,1-3H3/t25?,26-;/m0./s1. The zero-order chi connectivity index (χ0) is 45.9. The molecule has 1 aliphatic heterocycles. The number of rotatable bonds is 8. The van der Waals surface area contributed by atoms with Gasteiger partial charge in [-0.25, -0.2) is 0 Å². The Bertz CT molecular complexity index is 3090. The topological polar surface area (TPSA) is 134 Å². The minimum atomic E-state index is -0.0653. The zero-order valence-corrected chi connectivity index (χ0v) is 39.5. The van der Waals surface area contributed by atoms with E-state index < -0.39 is 0 Å². The van der Waals surface area contributed by atoms with Crippen LogP contribution in [0, 0.1) is 10.8 Å². The third-order valence-corrected chi connectivity index (χ3v) is 14.4. The molecule has 5 N–H and O–H groups in total. The number of carbonyl (C=O) groups excluding carboxylic acids is 1. The Kier molecular flexibility index (Phi) is 11.4. The number of carbonyl (C=O) groups is 1. The Morgan fingerprint density at radius 2 is 1.20 bits per heavy atom. The number of amides is 1. The van der Waals surface area contributed by atoms with Gasteiger partial charge in [-0.15, -0.1) is 0 Å². The molecule has 0 bridgehead atoms. The number of hydrogen-bond acceptors (Lipinski definition) is 7. The predicted molar refractivity (Wildman–Crippen MR) is 266 cm³/mol. The van der Waals surface area contributed by atoms with E-state index in [0.29, 0.717) is 0 Å². The Morgan fingerprint density at radius 1 is 0.712 bits per heavy atom. The molecule has 340 valence electrons. The highest BCUT2D eigenvalue weighted by Gasteiger charge is 2.39. The summed E-state index contributed by atoms with van der Waals surface area (Å²) in [6.07, 6.45) is 7.23. The van der Waals surface area contributed by atoms with Crippen molar-refractivity contribution in [3.8, 4) is 11.5 Å². The van der Waals surface area contributed by atoms with Crippen LogP contribution >= 0.6 is 0 Å². The highest BCUT2D eigenvalue weighted by molar-refractivity contribution is 6.11. The number of nitrogens with two attached hydrogens (primary N) is 1. The summed E-state index contributed by atoms with van der Waals surface area (Å²) in [6.45, 7) is 10.1. The SMILES string of the molecule is COc1ccc(Cc2nc3c(c4c2[nH]c2ccccc24)C(N)CC(C)(C)C3)cc1.COc1ccc(Cc2nc3c(c4c2[nH]c2ccccc24)C(NC(=O)[C@@H]2CCCN2C)CC(C)(C)C3)cc1. The van der Waals surface area contributed by atoms with Crippen LogP contribution in [0.1, 0.15) is 110 Å². The van der Waals surface area contributed by atoms with Gasteiger partial charge in [0, 0.05) is 74.0 Å². The van der Waals surface area contributed by atoms with Crippen molar-refractivity contribution in [2.45, 2.75) is 97.2 Å². The molecule has 0 spiro atoms. The van der Waals surface area contributed by atoms with Gasteiger partial charge in [-0.3, -0.25) is 19.7 Å². The lowest BCUT2D eigenvalue weighted by Gasteiger charge is -2.38. The predicted octanol–water partition coefficient (Wildman–Crippen LogP) is 10.8. The molecule has 11 rings (SSSR count).